The first-order valence-electron chi connectivity index (χ1n) is 7.43. The first-order chi connectivity index (χ1) is 10.1. The molecule has 1 atom stereocenters. The van der Waals surface area contributed by atoms with Gasteiger partial charge in [-0.15, -0.1) is 12.4 Å². The number of carbonyl (C=O) groups is 2. The third-order valence-electron chi connectivity index (χ3n) is 3.72. The summed E-state index contributed by atoms with van der Waals surface area (Å²) in [6, 6.07) is 10.1. The maximum atomic E-state index is 12.0. The highest BCUT2D eigenvalue weighted by atomic mass is 35.5. The van der Waals surface area contributed by atoms with Crippen LogP contribution in [0.25, 0.3) is 0 Å². The van der Waals surface area contributed by atoms with Crippen LogP contribution in [-0.2, 0) is 16.1 Å². The van der Waals surface area contributed by atoms with Gasteiger partial charge in [0.25, 0.3) is 0 Å². The molecule has 1 unspecified atom stereocenters. The Bertz CT molecular complexity index is 476. The number of likely N-dealkylation sites (N-methyl/N-ethyl adjacent to an activating group) is 1. The molecule has 1 aliphatic rings. The molecule has 1 aromatic rings. The van der Waals surface area contributed by atoms with E-state index in [1.807, 2.05) is 30.3 Å². The molecule has 2 amide bonds. The van der Waals surface area contributed by atoms with Gasteiger partial charge in [-0.05, 0) is 24.9 Å². The average molecular weight is 326 g/mol. The topological polar surface area (TPSA) is 61.4 Å². The van der Waals surface area contributed by atoms with Gasteiger partial charge in [-0.2, -0.15) is 0 Å². The summed E-state index contributed by atoms with van der Waals surface area (Å²) in [5.41, 5.74) is 1.08. The van der Waals surface area contributed by atoms with E-state index in [1.165, 1.54) is 0 Å². The number of nitrogens with one attached hydrogen (secondary N) is 2. The molecule has 0 radical (unpaired) electrons. The standard InChI is InChI=1S/C16H23N3O2.ClH/c1-19(12-13-6-3-2-4-7-13)16(21)11-18-15(20)10-14-8-5-9-17-14;/h2-4,6-7,14,17H,5,8-12H2,1H3,(H,18,20);1H. The highest BCUT2D eigenvalue weighted by molar-refractivity contribution is 5.85. The molecule has 122 valence electrons. The number of hydrogen-bond donors (Lipinski definition) is 2. The maximum Gasteiger partial charge on any atom is 0.242 e. The maximum absolute atomic E-state index is 12.0. The van der Waals surface area contributed by atoms with Crippen molar-refractivity contribution in [2.24, 2.45) is 0 Å². The lowest BCUT2D eigenvalue weighted by Gasteiger charge is -2.18. The monoisotopic (exact) mass is 325 g/mol. The number of carbonyl (C=O) groups excluding carboxylic acids is 2. The number of benzene rings is 1. The molecule has 2 rings (SSSR count). The molecule has 0 saturated carbocycles. The Morgan fingerprint density at radius 1 is 1.32 bits per heavy atom. The van der Waals surface area contributed by atoms with Crippen LogP contribution in [0, 0.1) is 0 Å². The molecule has 1 aliphatic heterocycles. The molecule has 1 aromatic carbocycles. The molecule has 0 spiro atoms. The highest BCUT2D eigenvalue weighted by Crippen LogP contribution is 2.08. The molecule has 2 N–H and O–H groups in total. The van der Waals surface area contributed by atoms with Crippen molar-refractivity contribution >= 4 is 24.2 Å². The average Bonchev–Trinajstić information content (AvgIpc) is 2.98. The lowest BCUT2D eigenvalue weighted by atomic mass is 10.1. The van der Waals surface area contributed by atoms with E-state index < -0.39 is 0 Å². The predicted molar refractivity (Wildman–Crippen MR) is 88.8 cm³/mol. The third kappa shape index (κ3) is 6.03. The number of halogens is 1. The normalized spacial score (nSPS) is 16.7. The van der Waals surface area contributed by atoms with Crippen molar-refractivity contribution < 1.29 is 9.59 Å². The van der Waals surface area contributed by atoms with E-state index in [4.69, 9.17) is 0 Å². The molecule has 6 heteroatoms. The second-order valence-electron chi connectivity index (χ2n) is 5.51. The van der Waals surface area contributed by atoms with E-state index in [0.717, 1.165) is 24.9 Å². The summed E-state index contributed by atoms with van der Waals surface area (Å²) < 4.78 is 0. The van der Waals surface area contributed by atoms with Crippen LogP contribution in [0.4, 0.5) is 0 Å². The van der Waals surface area contributed by atoms with Crippen molar-refractivity contribution in [3.8, 4) is 0 Å². The summed E-state index contributed by atoms with van der Waals surface area (Å²) in [4.78, 5) is 25.4. The second kappa shape index (κ2) is 9.43. The van der Waals surface area contributed by atoms with Crippen LogP contribution < -0.4 is 10.6 Å². The minimum atomic E-state index is -0.0772. The SMILES string of the molecule is CN(Cc1ccccc1)C(=O)CNC(=O)CC1CCCN1.Cl. The Hall–Kier alpha value is -1.59. The Balaban J connectivity index is 0.00000242. The summed E-state index contributed by atoms with van der Waals surface area (Å²) in [6.45, 7) is 1.60. The summed E-state index contributed by atoms with van der Waals surface area (Å²) in [7, 11) is 1.75. The smallest absolute Gasteiger partial charge is 0.242 e. The van der Waals surface area contributed by atoms with Crippen molar-refractivity contribution in [3.05, 3.63) is 35.9 Å². The molecule has 0 aromatic heterocycles. The largest absolute Gasteiger partial charge is 0.347 e. The number of hydrogen-bond acceptors (Lipinski definition) is 3. The van der Waals surface area contributed by atoms with Gasteiger partial charge in [0, 0.05) is 26.1 Å². The van der Waals surface area contributed by atoms with Gasteiger partial charge in [-0.3, -0.25) is 9.59 Å². The van der Waals surface area contributed by atoms with Crippen LogP contribution in [0.3, 0.4) is 0 Å². The fourth-order valence-electron chi connectivity index (χ4n) is 2.48. The minimum absolute atomic E-state index is 0. The number of nitrogens with zero attached hydrogens (tertiary/aromatic N) is 1. The van der Waals surface area contributed by atoms with Crippen LogP contribution in [0.2, 0.25) is 0 Å². The van der Waals surface area contributed by atoms with Crippen molar-refractivity contribution in [2.75, 3.05) is 20.1 Å². The zero-order valence-electron chi connectivity index (χ0n) is 12.9. The van der Waals surface area contributed by atoms with Crippen LogP contribution in [0.5, 0.6) is 0 Å². The zero-order chi connectivity index (χ0) is 15.1. The van der Waals surface area contributed by atoms with Crippen molar-refractivity contribution in [1.29, 1.82) is 0 Å². The molecule has 1 fully saturated rings. The summed E-state index contributed by atoms with van der Waals surface area (Å²) >= 11 is 0. The van der Waals surface area contributed by atoms with Gasteiger partial charge in [0.05, 0.1) is 6.54 Å². The molecule has 1 heterocycles. The lowest BCUT2D eigenvalue weighted by Crippen LogP contribution is -2.39. The molecule has 0 bridgehead atoms. The zero-order valence-corrected chi connectivity index (χ0v) is 13.7. The van der Waals surface area contributed by atoms with Crippen LogP contribution in [-0.4, -0.2) is 42.9 Å². The van der Waals surface area contributed by atoms with Gasteiger partial charge in [-0.25, -0.2) is 0 Å². The summed E-state index contributed by atoms with van der Waals surface area (Å²) in [5.74, 6) is -0.137. The van der Waals surface area contributed by atoms with E-state index in [9.17, 15) is 9.59 Å². The summed E-state index contributed by atoms with van der Waals surface area (Å²) in [5, 5.41) is 5.98. The fraction of sp³-hybridized carbons (Fsp3) is 0.500. The Labute approximate surface area is 137 Å². The van der Waals surface area contributed by atoms with Crippen molar-refractivity contribution in [2.45, 2.75) is 31.8 Å². The van der Waals surface area contributed by atoms with Gasteiger partial charge >= 0.3 is 0 Å². The molecule has 1 saturated heterocycles. The number of rotatable bonds is 6. The summed E-state index contributed by atoms with van der Waals surface area (Å²) in [6.07, 6.45) is 2.61. The quantitative estimate of drug-likeness (QED) is 0.829. The van der Waals surface area contributed by atoms with Gasteiger partial charge < -0.3 is 15.5 Å². The van der Waals surface area contributed by atoms with Gasteiger partial charge in [-0.1, -0.05) is 30.3 Å². The van der Waals surface area contributed by atoms with E-state index in [-0.39, 0.29) is 36.8 Å². The van der Waals surface area contributed by atoms with Crippen molar-refractivity contribution in [1.82, 2.24) is 15.5 Å². The van der Waals surface area contributed by atoms with Crippen LogP contribution in [0.15, 0.2) is 30.3 Å². The molecular formula is C16H24ClN3O2. The Kier molecular flexibility index (Phi) is 7.91. The van der Waals surface area contributed by atoms with Gasteiger partial charge in [0.2, 0.25) is 11.8 Å². The van der Waals surface area contributed by atoms with Gasteiger partial charge in [0.15, 0.2) is 0 Å². The van der Waals surface area contributed by atoms with Crippen molar-refractivity contribution in [3.63, 3.8) is 0 Å². The Morgan fingerprint density at radius 3 is 2.68 bits per heavy atom. The predicted octanol–water partition coefficient (Wildman–Crippen LogP) is 1.33. The number of amides is 2. The second-order valence-corrected chi connectivity index (χ2v) is 5.51. The van der Waals surface area contributed by atoms with Crippen LogP contribution in [0.1, 0.15) is 24.8 Å². The lowest BCUT2D eigenvalue weighted by molar-refractivity contribution is -0.132. The first-order valence-corrected chi connectivity index (χ1v) is 7.43. The van der Waals surface area contributed by atoms with E-state index in [1.54, 1.807) is 11.9 Å². The highest BCUT2D eigenvalue weighted by Gasteiger charge is 2.18. The van der Waals surface area contributed by atoms with E-state index >= 15 is 0 Å². The first kappa shape index (κ1) is 18.5. The van der Waals surface area contributed by atoms with Crippen LogP contribution >= 0.6 is 12.4 Å². The molecule has 22 heavy (non-hydrogen) atoms. The third-order valence-corrected chi connectivity index (χ3v) is 3.72. The Morgan fingerprint density at radius 2 is 2.05 bits per heavy atom. The fourth-order valence-corrected chi connectivity index (χ4v) is 2.48. The molecular weight excluding hydrogens is 302 g/mol. The van der Waals surface area contributed by atoms with Gasteiger partial charge in [0.1, 0.15) is 0 Å². The van der Waals surface area contributed by atoms with E-state index in [2.05, 4.69) is 10.6 Å². The van der Waals surface area contributed by atoms with E-state index in [0.29, 0.717) is 13.0 Å². The molecule has 5 nitrogen and oxygen atoms in total. The molecule has 0 aliphatic carbocycles. The minimum Gasteiger partial charge on any atom is -0.347 e.